The Morgan fingerprint density at radius 3 is 2.82 bits per heavy atom. The van der Waals surface area contributed by atoms with Crippen LogP contribution in [0.1, 0.15) is 12.5 Å². The minimum atomic E-state index is -0.712. The Kier molecular flexibility index (Phi) is 4.16. The highest BCUT2D eigenvalue weighted by molar-refractivity contribution is 9.10. The van der Waals surface area contributed by atoms with E-state index in [0.717, 1.165) is 6.21 Å². The van der Waals surface area contributed by atoms with Crippen molar-refractivity contribution in [1.82, 2.24) is 5.43 Å². The van der Waals surface area contributed by atoms with E-state index in [2.05, 4.69) is 26.5 Å². The van der Waals surface area contributed by atoms with E-state index in [4.69, 9.17) is 0 Å². The third-order valence-corrected chi connectivity index (χ3v) is 2.16. The third kappa shape index (κ3) is 3.52. The molecule has 0 heterocycles. The molecule has 0 aliphatic carbocycles. The summed E-state index contributed by atoms with van der Waals surface area (Å²) in [6, 6.07) is 2.61. The number of phenolic OH excluding ortho intramolecular Hbond substituents is 1. The van der Waals surface area contributed by atoms with Gasteiger partial charge in [-0.15, -0.1) is 0 Å². The highest BCUT2D eigenvalue weighted by atomic mass is 79.9. The molecule has 0 aliphatic rings. The monoisotopic (exact) mass is 301 g/mol. The van der Waals surface area contributed by atoms with E-state index in [9.17, 15) is 20.0 Å². The SMILES string of the molecule is CC(=O)N/N=C\c1cc(Br)cc([N+](=O)[O-])c1O. The molecular formula is C9H8BrN3O4. The quantitative estimate of drug-likeness (QED) is 0.502. The first kappa shape index (κ1) is 13.1. The fraction of sp³-hybridized carbons (Fsp3) is 0.111. The molecular weight excluding hydrogens is 294 g/mol. The summed E-state index contributed by atoms with van der Waals surface area (Å²) in [6.45, 7) is 1.26. The molecule has 0 saturated heterocycles. The number of hydrogen-bond acceptors (Lipinski definition) is 5. The molecule has 7 nitrogen and oxygen atoms in total. The van der Waals surface area contributed by atoms with E-state index >= 15 is 0 Å². The second kappa shape index (κ2) is 5.39. The highest BCUT2D eigenvalue weighted by Gasteiger charge is 2.17. The third-order valence-electron chi connectivity index (χ3n) is 1.71. The summed E-state index contributed by atoms with van der Waals surface area (Å²) in [5.41, 5.74) is 1.81. The van der Waals surface area contributed by atoms with Crippen molar-refractivity contribution in [3.63, 3.8) is 0 Å². The number of phenols is 1. The number of nitrogens with zero attached hydrogens (tertiary/aromatic N) is 2. The number of carbonyl (C=O) groups is 1. The summed E-state index contributed by atoms with van der Waals surface area (Å²) < 4.78 is 0.422. The molecule has 1 aromatic carbocycles. The first-order valence-electron chi connectivity index (χ1n) is 4.38. The molecule has 0 bridgehead atoms. The van der Waals surface area contributed by atoms with Crippen molar-refractivity contribution in [2.24, 2.45) is 5.10 Å². The Bertz CT molecular complexity index is 501. The Hall–Kier alpha value is -1.96. The summed E-state index contributed by atoms with van der Waals surface area (Å²) in [4.78, 5) is 20.5. The van der Waals surface area contributed by atoms with Gasteiger partial charge in [0.2, 0.25) is 11.7 Å². The van der Waals surface area contributed by atoms with Crippen LogP contribution < -0.4 is 5.43 Å². The van der Waals surface area contributed by atoms with Crippen LogP contribution in [0, 0.1) is 10.1 Å². The second-order valence-electron chi connectivity index (χ2n) is 3.05. The molecule has 0 fully saturated rings. The van der Waals surface area contributed by atoms with E-state index < -0.39 is 16.4 Å². The molecule has 2 N–H and O–H groups in total. The van der Waals surface area contributed by atoms with Crippen LogP contribution in [0.4, 0.5) is 5.69 Å². The maximum absolute atomic E-state index is 10.6. The number of nitrogens with one attached hydrogen (secondary N) is 1. The molecule has 0 saturated carbocycles. The van der Waals surface area contributed by atoms with Gasteiger partial charge in [-0.1, -0.05) is 15.9 Å². The normalized spacial score (nSPS) is 10.5. The average Bonchev–Trinajstić information content (AvgIpc) is 2.21. The van der Waals surface area contributed by atoms with Gasteiger partial charge in [0.1, 0.15) is 0 Å². The molecule has 1 aromatic rings. The van der Waals surface area contributed by atoms with Crippen LogP contribution in [0.3, 0.4) is 0 Å². The van der Waals surface area contributed by atoms with E-state index in [-0.39, 0.29) is 11.5 Å². The molecule has 0 aliphatic heterocycles. The average molecular weight is 302 g/mol. The van der Waals surface area contributed by atoms with Gasteiger partial charge < -0.3 is 5.11 Å². The number of halogens is 1. The van der Waals surface area contributed by atoms with Crippen LogP contribution in [0.15, 0.2) is 21.7 Å². The molecule has 0 unspecified atom stereocenters. The predicted molar refractivity (Wildman–Crippen MR) is 63.9 cm³/mol. The van der Waals surface area contributed by atoms with Crippen molar-refractivity contribution < 1.29 is 14.8 Å². The van der Waals surface area contributed by atoms with E-state index in [1.807, 2.05) is 0 Å². The zero-order valence-electron chi connectivity index (χ0n) is 8.68. The largest absolute Gasteiger partial charge is 0.502 e. The Labute approximate surface area is 104 Å². The summed E-state index contributed by atoms with van der Waals surface area (Å²) in [7, 11) is 0. The fourth-order valence-corrected chi connectivity index (χ4v) is 1.50. The van der Waals surface area contributed by atoms with Gasteiger partial charge in [0.25, 0.3) is 0 Å². The molecule has 0 atom stereocenters. The minimum absolute atomic E-state index is 0.125. The van der Waals surface area contributed by atoms with Gasteiger partial charge in [0.05, 0.1) is 11.1 Å². The lowest BCUT2D eigenvalue weighted by atomic mass is 10.2. The number of carbonyl (C=O) groups excluding carboxylic acids is 1. The minimum Gasteiger partial charge on any atom is -0.502 e. The van der Waals surface area contributed by atoms with E-state index in [1.54, 1.807) is 0 Å². The van der Waals surface area contributed by atoms with Crippen LogP contribution in [0.25, 0.3) is 0 Å². The molecule has 1 amide bonds. The van der Waals surface area contributed by atoms with Crippen molar-refractivity contribution in [2.75, 3.05) is 0 Å². The highest BCUT2D eigenvalue weighted by Crippen LogP contribution is 2.32. The first-order chi connectivity index (χ1) is 7.91. The molecule has 90 valence electrons. The van der Waals surface area contributed by atoms with Crippen LogP contribution >= 0.6 is 15.9 Å². The maximum Gasteiger partial charge on any atom is 0.312 e. The Morgan fingerprint density at radius 1 is 1.65 bits per heavy atom. The lowest BCUT2D eigenvalue weighted by Crippen LogP contribution is -2.12. The molecule has 0 spiro atoms. The van der Waals surface area contributed by atoms with Crippen molar-refractivity contribution >= 4 is 33.7 Å². The van der Waals surface area contributed by atoms with Gasteiger partial charge in [-0.05, 0) is 6.07 Å². The second-order valence-corrected chi connectivity index (χ2v) is 3.96. The van der Waals surface area contributed by atoms with Crippen molar-refractivity contribution in [2.45, 2.75) is 6.92 Å². The lowest BCUT2D eigenvalue weighted by molar-refractivity contribution is -0.385. The number of benzene rings is 1. The number of rotatable bonds is 3. The van der Waals surface area contributed by atoms with E-state index in [1.165, 1.54) is 19.1 Å². The number of nitro benzene ring substituents is 1. The van der Waals surface area contributed by atoms with Crippen LogP contribution in [-0.4, -0.2) is 22.2 Å². The van der Waals surface area contributed by atoms with Crippen LogP contribution in [-0.2, 0) is 4.79 Å². The summed E-state index contributed by atoms with van der Waals surface area (Å²) in [5.74, 6) is -0.891. The molecule has 1 rings (SSSR count). The smallest absolute Gasteiger partial charge is 0.312 e. The number of hydrazone groups is 1. The molecule has 17 heavy (non-hydrogen) atoms. The van der Waals surface area contributed by atoms with Crippen molar-refractivity contribution in [3.8, 4) is 5.75 Å². The number of amides is 1. The molecule has 8 heteroatoms. The standard InChI is InChI=1S/C9H8BrN3O4/c1-5(14)12-11-4-6-2-7(10)3-8(9(6)15)13(16)17/h2-4,15H,1H3,(H,12,14)/b11-4-. The van der Waals surface area contributed by atoms with Crippen molar-refractivity contribution in [1.29, 1.82) is 0 Å². The van der Waals surface area contributed by atoms with Crippen LogP contribution in [0.2, 0.25) is 0 Å². The van der Waals surface area contributed by atoms with E-state index in [0.29, 0.717) is 4.47 Å². The van der Waals surface area contributed by atoms with Gasteiger partial charge in [-0.25, -0.2) is 5.43 Å². The maximum atomic E-state index is 10.6. The number of aromatic hydroxyl groups is 1. The van der Waals surface area contributed by atoms with Gasteiger partial charge in [-0.2, -0.15) is 5.10 Å². The van der Waals surface area contributed by atoms with Gasteiger partial charge >= 0.3 is 5.69 Å². The Balaban J connectivity index is 3.11. The number of hydrogen-bond donors (Lipinski definition) is 2. The van der Waals surface area contributed by atoms with Gasteiger partial charge in [0.15, 0.2) is 0 Å². The summed E-state index contributed by atoms with van der Waals surface area (Å²) in [6.07, 6.45) is 1.12. The van der Waals surface area contributed by atoms with Crippen molar-refractivity contribution in [3.05, 3.63) is 32.3 Å². The van der Waals surface area contributed by atoms with Crippen LogP contribution in [0.5, 0.6) is 5.75 Å². The zero-order chi connectivity index (χ0) is 13.0. The summed E-state index contributed by atoms with van der Waals surface area (Å²) in [5, 5.41) is 23.7. The lowest BCUT2D eigenvalue weighted by Gasteiger charge is -2.01. The van der Waals surface area contributed by atoms with Gasteiger partial charge in [0, 0.05) is 23.0 Å². The number of nitro groups is 1. The summed E-state index contributed by atoms with van der Waals surface area (Å²) >= 11 is 3.07. The zero-order valence-corrected chi connectivity index (χ0v) is 10.3. The predicted octanol–water partition coefficient (Wildman–Crippen LogP) is 1.53. The topological polar surface area (TPSA) is 105 Å². The fourth-order valence-electron chi connectivity index (χ4n) is 1.04. The van der Waals surface area contributed by atoms with Gasteiger partial charge in [-0.3, -0.25) is 14.9 Å². The molecule has 0 aromatic heterocycles. The molecule has 0 radical (unpaired) electrons. The Morgan fingerprint density at radius 2 is 2.29 bits per heavy atom. The first-order valence-corrected chi connectivity index (χ1v) is 5.17.